The summed E-state index contributed by atoms with van der Waals surface area (Å²) in [5.41, 5.74) is 0.879. The van der Waals surface area contributed by atoms with Gasteiger partial charge in [0.15, 0.2) is 5.78 Å². The van der Waals surface area contributed by atoms with Crippen molar-refractivity contribution < 1.29 is 23.9 Å². The SMILES string of the molecule is CC(C)OC(=O)C1CN(C(=O)OCc2ccccc2)CCC1=O.Cl. The molecule has 1 saturated heterocycles. The maximum atomic E-state index is 12.1. The summed E-state index contributed by atoms with van der Waals surface area (Å²) in [6.45, 7) is 3.87. The van der Waals surface area contributed by atoms with E-state index in [1.165, 1.54) is 4.90 Å². The molecule has 1 heterocycles. The third-order valence-electron chi connectivity index (χ3n) is 3.52. The number of rotatable bonds is 4. The van der Waals surface area contributed by atoms with Gasteiger partial charge in [-0.25, -0.2) is 4.79 Å². The molecule has 1 atom stereocenters. The first-order valence-electron chi connectivity index (χ1n) is 7.66. The number of hydrogen-bond acceptors (Lipinski definition) is 5. The number of ketones is 1. The lowest BCUT2D eigenvalue weighted by Crippen LogP contribution is -2.47. The van der Waals surface area contributed by atoms with Crippen LogP contribution in [0.3, 0.4) is 0 Å². The lowest BCUT2D eigenvalue weighted by molar-refractivity contribution is -0.157. The van der Waals surface area contributed by atoms with Crippen LogP contribution in [0.2, 0.25) is 0 Å². The van der Waals surface area contributed by atoms with Crippen LogP contribution in [0.4, 0.5) is 4.79 Å². The van der Waals surface area contributed by atoms with E-state index in [9.17, 15) is 14.4 Å². The molecule has 7 heteroatoms. The summed E-state index contributed by atoms with van der Waals surface area (Å²) in [6.07, 6.45) is -0.683. The van der Waals surface area contributed by atoms with Crippen molar-refractivity contribution in [2.45, 2.75) is 33.0 Å². The molecule has 1 unspecified atom stereocenters. The van der Waals surface area contributed by atoms with Crippen LogP contribution in [0.15, 0.2) is 30.3 Å². The van der Waals surface area contributed by atoms with Crippen LogP contribution in [0, 0.1) is 5.92 Å². The number of esters is 1. The summed E-state index contributed by atoms with van der Waals surface area (Å²) >= 11 is 0. The van der Waals surface area contributed by atoms with Gasteiger partial charge in [-0.3, -0.25) is 9.59 Å². The molecule has 6 nitrogen and oxygen atoms in total. The highest BCUT2D eigenvalue weighted by Crippen LogP contribution is 2.17. The maximum absolute atomic E-state index is 12.1. The van der Waals surface area contributed by atoms with Crippen molar-refractivity contribution in [3.63, 3.8) is 0 Å². The van der Waals surface area contributed by atoms with Crippen LogP contribution in [-0.4, -0.2) is 41.9 Å². The Bertz CT molecular complexity index is 576. The molecule has 1 aliphatic rings. The monoisotopic (exact) mass is 355 g/mol. The van der Waals surface area contributed by atoms with Gasteiger partial charge in [-0.05, 0) is 19.4 Å². The highest BCUT2D eigenvalue weighted by atomic mass is 35.5. The Labute approximate surface area is 147 Å². The third kappa shape index (κ3) is 5.53. The van der Waals surface area contributed by atoms with Crippen molar-refractivity contribution in [3.8, 4) is 0 Å². The van der Waals surface area contributed by atoms with Crippen molar-refractivity contribution in [1.29, 1.82) is 0 Å². The van der Waals surface area contributed by atoms with Crippen molar-refractivity contribution in [2.75, 3.05) is 13.1 Å². The van der Waals surface area contributed by atoms with Gasteiger partial charge < -0.3 is 14.4 Å². The predicted molar refractivity (Wildman–Crippen MR) is 89.8 cm³/mol. The fourth-order valence-corrected chi connectivity index (χ4v) is 2.33. The molecule has 2 rings (SSSR count). The van der Waals surface area contributed by atoms with Gasteiger partial charge in [0.1, 0.15) is 12.5 Å². The van der Waals surface area contributed by atoms with Crippen LogP contribution in [0.5, 0.6) is 0 Å². The van der Waals surface area contributed by atoms with Crippen molar-refractivity contribution >= 4 is 30.3 Å². The minimum absolute atomic E-state index is 0. The lowest BCUT2D eigenvalue weighted by atomic mass is 9.97. The van der Waals surface area contributed by atoms with E-state index in [2.05, 4.69) is 0 Å². The standard InChI is InChI=1S/C17H21NO5.ClH/c1-12(2)23-16(20)14-10-18(9-8-15(14)19)17(21)22-11-13-6-4-3-5-7-13;/h3-7,12,14H,8-11H2,1-2H3;1H. The average molecular weight is 356 g/mol. The zero-order valence-electron chi connectivity index (χ0n) is 13.8. The molecule has 0 aromatic heterocycles. The topological polar surface area (TPSA) is 72.9 Å². The Hall–Kier alpha value is -2.08. The molecular weight excluding hydrogens is 334 g/mol. The smallest absolute Gasteiger partial charge is 0.410 e. The Morgan fingerprint density at radius 3 is 2.54 bits per heavy atom. The van der Waals surface area contributed by atoms with Gasteiger partial charge in [-0.15, -0.1) is 12.4 Å². The Morgan fingerprint density at radius 2 is 1.92 bits per heavy atom. The Kier molecular flexibility index (Phi) is 7.71. The number of ether oxygens (including phenoxy) is 2. The van der Waals surface area contributed by atoms with Gasteiger partial charge >= 0.3 is 12.1 Å². The fraction of sp³-hybridized carbons (Fsp3) is 0.471. The molecule has 132 valence electrons. The van der Waals surface area contributed by atoms with Crippen LogP contribution in [0.25, 0.3) is 0 Å². The normalized spacial score (nSPS) is 17.2. The maximum Gasteiger partial charge on any atom is 0.410 e. The van der Waals surface area contributed by atoms with Crippen LogP contribution < -0.4 is 0 Å². The van der Waals surface area contributed by atoms with Gasteiger partial charge in [0.2, 0.25) is 0 Å². The quantitative estimate of drug-likeness (QED) is 0.613. The number of Topliss-reactive ketones (excluding diaryl/α,β-unsaturated/α-hetero) is 1. The predicted octanol–water partition coefficient (Wildman–Crippen LogP) is 2.59. The number of piperidine rings is 1. The van der Waals surface area contributed by atoms with Gasteiger partial charge in [-0.2, -0.15) is 0 Å². The average Bonchev–Trinajstić information content (AvgIpc) is 2.53. The van der Waals surface area contributed by atoms with Crippen LogP contribution in [0.1, 0.15) is 25.8 Å². The molecule has 1 aliphatic heterocycles. The molecule has 0 bridgehead atoms. The van der Waals surface area contributed by atoms with E-state index in [1.54, 1.807) is 13.8 Å². The Morgan fingerprint density at radius 1 is 1.25 bits per heavy atom. The van der Waals surface area contributed by atoms with E-state index >= 15 is 0 Å². The number of amides is 1. The molecule has 0 aliphatic carbocycles. The number of nitrogens with zero attached hydrogens (tertiary/aromatic N) is 1. The Balaban J connectivity index is 0.00000288. The summed E-state index contributed by atoms with van der Waals surface area (Å²) in [5.74, 6) is -1.69. The van der Waals surface area contributed by atoms with Crippen LogP contribution in [-0.2, 0) is 25.7 Å². The van der Waals surface area contributed by atoms with Crippen molar-refractivity contribution in [1.82, 2.24) is 4.90 Å². The van der Waals surface area contributed by atoms with E-state index < -0.39 is 18.0 Å². The van der Waals surface area contributed by atoms with Gasteiger partial charge in [-0.1, -0.05) is 30.3 Å². The summed E-state index contributed by atoms with van der Waals surface area (Å²) in [7, 11) is 0. The second kappa shape index (κ2) is 9.27. The highest BCUT2D eigenvalue weighted by molar-refractivity contribution is 6.00. The van der Waals surface area contributed by atoms with Crippen molar-refractivity contribution in [2.24, 2.45) is 5.92 Å². The van der Waals surface area contributed by atoms with E-state index in [0.29, 0.717) is 0 Å². The van der Waals surface area contributed by atoms with E-state index in [4.69, 9.17) is 9.47 Å². The summed E-state index contributed by atoms with van der Waals surface area (Å²) in [5, 5.41) is 0. The van der Waals surface area contributed by atoms with Gasteiger partial charge in [0.25, 0.3) is 0 Å². The molecule has 24 heavy (non-hydrogen) atoms. The number of benzene rings is 1. The number of halogens is 1. The van der Waals surface area contributed by atoms with Crippen molar-refractivity contribution in [3.05, 3.63) is 35.9 Å². The molecule has 1 aromatic rings. The number of carbonyl (C=O) groups excluding carboxylic acids is 3. The van der Waals surface area contributed by atoms with E-state index in [-0.39, 0.29) is 50.4 Å². The first-order valence-corrected chi connectivity index (χ1v) is 7.66. The fourth-order valence-electron chi connectivity index (χ4n) is 2.33. The van der Waals surface area contributed by atoms with Crippen LogP contribution >= 0.6 is 12.4 Å². The summed E-state index contributed by atoms with van der Waals surface area (Å²) < 4.78 is 10.3. The number of carbonyl (C=O) groups is 3. The zero-order valence-corrected chi connectivity index (χ0v) is 14.6. The molecule has 0 N–H and O–H groups in total. The zero-order chi connectivity index (χ0) is 16.8. The lowest BCUT2D eigenvalue weighted by Gasteiger charge is -2.30. The second-order valence-electron chi connectivity index (χ2n) is 5.74. The molecular formula is C17H22ClNO5. The molecule has 0 spiro atoms. The number of likely N-dealkylation sites (tertiary alicyclic amines) is 1. The van der Waals surface area contributed by atoms with Gasteiger partial charge in [0, 0.05) is 19.5 Å². The third-order valence-corrected chi connectivity index (χ3v) is 3.52. The molecule has 1 aromatic carbocycles. The highest BCUT2D eigenvalue weighted by Gasteiger charge is 2.36. The minimum Gasteiger partial charge on any atom is -0.462 e. The second-order valence-corrected chi connectivity index (χ2v) is 5.74. The molecule has 0 saturated carbocycles. The molecule has 0 radical (unpaired) electrons. The van der Waals surface area contributed by atoms with Gasteiger partial charge in [0.05, 0.1) is 6.10 Å². The van der Waals surface area contributed by atoms with E-state index in [1.807, 2.05) is 30.3 Å². The van der Waals surface area contributed by atoms with E-state index in [0.717, 1.165) is 5.56 Å². The molecule has 1 fully saturated rings. The first-order chi connectivity index (χ1) is 11.0. The largest absolute Gasteiger partial charge is 0.462 e. The number of hydrogen-bond donors (Lipinski definition) is 0. The molecule has 1 amide bonds. The summed E-state index contributed by atoms with van der Waals surface area (Å²) in [6, 6.07) is 9.32. The summed E-state index contributed by atoms with van der Waals surface area (Å²) in [4.78, 5) is 37.3. The minimum atomic E-state index is -0.921. The first kappa shape index (κ1) is 20.0.